The van der Waals surface area contributed by atoms with Crippen molar-refractivity contribution < 1.29 is 13.5 Å². The Labute approximate surface area is 87.4 Å². The Morgan fingerprint density at radius 3 is 2.80 bits per heavy atom. The standard InChI is InChI=1S/C11H13F2NO/c1-15-11-5-8(2-3-10(11)13)4-9(6-12)7-14/h2-3,5-6H,4,7,14H2,1H3. The first-order chi connectivity index (χ1) is 7.21. The molecule has 0 amide bonds. The third-order valence-corrected chi connectivity index (χ3v) is 2.06. The van der Waals surface area contributed by atoms with Crippen molar-refractivity contribution in [1.82, 2.24) is 0 Å². The molecular weight excluding hydrogens is 200 g/mol. The highest BCUT2D eigenvalue weighted by molar-refractivity contribution is 5.32. The second-order valence-electron chi connectivity index (χ2n) is 3.12. The lowest BCUT2D eigenvalue weighted by atomic mass is 10.1. The first kappa shape index (κ1) is 11.7. The summed E-state index contributed by atoms with van der Waals surface area (Å²) >= 11 is 0. The van der Waals surface area contributed by atoms with Gasteiger partial charge < -0.3 is 10.5 Å². The number of halogens is 2. The molecule has 0 aromatic heterocycles. The Kier molecular flexibility index (Phi) is 4.24. The second kappa shape index (κ2) is 5.46. The van der Waals surface area contributed by atoms with Crippen LogP contribution in [0.25, 0.3) is 0 Å². The van der Waals surface area contributed by atoms with Crippen molar-refractivity contribution in [3.63, 3.8) is 0 Å². The summed E-state index contributed by atoms with van der Waals surface area (Å²) < 4.78 is 30.1. The number of ether oxygens (including phenoxy) is 1. The number of hydrogen-bond donors (Lipinski definition) is 1. The number of methoxy groups -OCH3 is 1. The Hall–Kier alpha value is -1.42. The fourth-order valence-electron chi connectivity index (χ4n) is 1.23. The number of hydrogen-bond acceptors (Lipinski definition) is 2. The molecule has 0 aliphatic carbocycles. The molecule has 1 aromatic carbocycles. The zero-order chi connectivity index (χ0) is 11.3. The van der Waals surface area contributed by atoms with Gasteiger partial charge in [0.1, 0.15) is 0 Å². The number of benzene rings is 1. The van der Waals surface area contributed by atoms with Crippen molar-refractivity contribution in [2.75, 3.05) is 13.7 Å². The van der Waals surface area contributed by atoms with Crippen molar-refractivity contribution in [3.8, 4) is 5.75 Å². The van der Waals surface area contributed by atoms with E-state index in [1.54, 1.807) is 6.07 Å². The van der Waals surface area contributed by atoms with Gasteiger partial charge in [-0.2, -0.15) is 0 Å². The highest BCUT2D eigenvalue weighted by Gasteiger charge is 2.04. The maximum absolute atomic E-state index is 13.0. The highest BCUT2D eigenvalue weighted by Crippen LogP contribution is 2.19. The zero-order valence-electron chi connectivity index (χ0n) is 8.47. The molecule has 0 spiro atoms. The predicted octanol–water partition coefficient (Wildman–Crippen LogP) is 2.19. The highest BCUT2D eigenvalue weighted by atomic mass is 19.1. The topological polar surface area (TPSA) is 35.2 Å². The minimum atomic E-state index is -0.431. The van der Waals surface area contributed by atoms with Crippen LogP contribution in [-0.4, -0.2) is 13.7 Å². The molecule has 0 atom stereocenters. The van der Waals surface area contributed by atoms with E-state index in [1.807, 2.05) is 0 Å². The molecule has 4 heteroatoms. The van der Waals surface area contributed by atoms with Gasteiger partial charge in [0.25, 0.3) is 0 Å². The predicted molar refractivity (Wildman–Crippen MR) is 54.9 cm³/mol. The van der Waals surface area contributed by atoms with E-state index < -0.39 is 5.82 Å². The van der Waals surface area contributed by atoms with Crippen molar-refractivity contribution in [1.29, 1.82) is 0 Å². The Morgan fingerprint density at radius 1 is 1.53 bits per heavy atom. The summed E-state index contributed by atoms with van der Waals surface area (Å²) in [6.07, 6.45) is 0.847. The van der Waals surface area contributed by atoms with Crippen LogP contribution in [-0.2, 0) is 6.42 Å². The molecule has 0 unspecified atom stereocenters. The molecule has 0 fully saturated rings. The summed E-state index contributed by atoms with van der Waals surface area (Å²) in [4.78, 5) is 0. The fraction of sp³-hybridized carbons (Fsp3) is 0.273. The second-order valence-corrected chi connectivity index (χ2v) is 3.12. The fourth-order valence-corrected chi connectivity index (χ4v) is 1.23. The summed E-state index contributed by atoms with van der Waals surface area (Å²) in [5.74, 6) is -0.275. The molecule has 15 heavy (non-hydrogen) atoms. The van der Waals surface area contributed by atoms with Crippen LogP contribution in [0.3, 0.4) is 0 Å². The van der Waals surface area contributed by atoms with E-state index in [0.29, 0.717) is 18.3 Å². The van der Waals surface area contributed by atoms with Crippen molar-refractivity contribution in [2.45, 2.75) is 6.42 Å². The number of nitrogens with two attached hydrogens (primary N) is 1. The molecule has 0 heterocycles. The van der Waals surface area contributed by atoms with Gasteiger partial charge in [-0.25, -0.2) is 8.78 Å². The monoisotopic (exact) mass is 213 g/mol. The van der Waals surface area contributed by atoms with E-state index in [9.17, 15) is 8.78 Å². The van der Waals surface area contributed by atoms with Gasteiger partial charge in [0.15, 0.2) is 11.6 Å². The van der Waals surface area contributed by atoms with Crippen molar-refractivity contribution in [2.24, 2.45) is 5.73 Å². The van der Waals surface area contributed by atoms with Crippen LogP contribution in [0.4, 0.5) is 8.78 Å². The molecular formula is C11H13F2NO. The van der Waals surface area contributed by atoms with Crippen LogP contribution in [0, 0.1) is 5.82 Å². The molecule has 0 saturated heterocycles. The van der Waals surface area contributed by atoms with Crippen LogP contribution in [0.5, 0.6) is 5.75 Å². The van der Waals surface area contributed by atoms with Gasteiger partial charge in [-0.1, -0.05) is 6.07 Å². The molecule has 2 N–H and O–H groups in total. The smallest absolute Gasteiger partial charge is 0.165 e. The van der Waals surface area contributed by atoms with Gasteiger partial charge >= 0.3 is 0 Å². The maximum atomic E-state index is 13.0. The summed E-state index contributed by atoms with van der Waals surface area (Å²) in [7, 11) is 1.39. The molecule has 0 bridgehead atoms. The van der Waals surface area contributed by atoms with Gasteiger partial charge in [-0.15, -0.1) is 0 Å². The third-order valence-electron chi connectivity index (χ3n) is 2.06. The molecule has 82 valence electrons. The lowest BCUT2D eigenvalue weighted by Gasteiger charge is -2.06. The number of rotatable bonds is 4. The zero-order valence-corrected chi connectivity index (χ0v) is 8.47. The molecule has 0 radical (unpaired) electrons. The lowest BCUT2D eigenvalue weighted by Crippen LogP contribution is -2.05. The quantitative estimate of drug-likeness (QED) is 0.832. The van der Waals surface area contributed by atoms with E-state index in [2.05, 4.69) is 0 Å². The van der Waals surface area contributed by atoms with Gasteiger partial charge in [-0.3, -0.25) is 0 Å². The molecule has 1 rings (SSSR count). The van der Waals surface area contributed by atoms with Gasteiger partial charge in [0, 0.05) is 6.54 Å². The minimum absolute atomic E-state index is 0.149. The van der Waals surface area contributed by atoms with Gasteiger partial charge in [-0.05, 0) is 29.7 Å². The Morgan fingerprint density at radius 2 is 2.27 bits per heavy atom. The van der Waals surface area contributed by atoms with Crippen molar-refractivity contribution in [3.05, 3.63) is 41.5 Å². The maximum Gasteiger partial charge on any atom is 0.165 e. The summed E-state index contributed by atoms with van der Waals surface area (Å²) in [6.45, 7) is 0.149. The van der Waals surface area contributed by atoms with Crippen LogP contribution >= 0.6 is 0 Å². The molecule has 0 aliphatic heterocycles. The Balaban J connectivity index is 2.87. The summed E-state index contributed by atoms with van der Waals surface area (Å²) in [6, 6.07) is 4.41. The summed E-state index contributed by atoms with van der Waals surface area (Å²) in [5.41, 5.74) is 6.55. The van der Waals surface area contributed by atoms with Crippen LogP contribution in [0.2, 0.25) is 0 Å². The van der Waals surface area contributed by atoms with E-state index in [0.717, 1.165) is 5.56 Å². The third kappa shape index (κ3) is 3.02. The largest absolute Gasteiger partial charge is 0.494 e. The SMILES string of the molecule is COc1cc(CC(=CF)CN)ccc1F. The van der Waals surface area contributed by atoms with Crippen LogP contribution < -0.4 is 10.5 Å². The lowest BCUT2D eigenvalue weighted by molar-refractivity contribution is 0.386. The molecule has 0 aliphatic rings. The first-order valence-electron chi connectivity index (χ1n) is 4.52. The molecule has 1 aromatic rings. The molecule has 2 nitrogen and oxygen atoms in total. The van der Waals surface area contributed by atoms with E-state index >= 15 is 0 Å². The molecule has 0 saturated carbocycles. The van der Waals surface area contributed by atoms with Gasteiger partial charge in [0.2, 0.25) is 0 Å². The van der Waals surface area contributed by atoms with E-state index in [-0.39, 0.29) is 12.3 Å². The van der Waals surface area contributed by atoms with Crippen molar-refractivity contribution >= 4 is 0 Å². The van der Waals surface area contributed by atoms with E-state index in [4.69, 9.17) is 10.5 Å². The first-order valence-corrected chi connectivity index (χ1v) is 4.52. The average Bonchev–Trinajstić information content (AvgIpc) is 2.28. The summed E-state index contributed by atoms with van der Waals surface area (Å²) in [5, 5.41) is 0. The van der Waals surface area contributed by atoms with E-state index in [1.165, 1.54) is 19.2 Å². The Bertz CT molecular complexity index is 364. The normalized spacial score (nSPS) is 11.6. The minimum Gasteiger partial charge on any atom is -0.494 e. The van der Waals surface area contributed by atoms with Crippen LogP contribution in [0.1, 0.15) is 5.56 Å². The van der Waals surface area contributed by atoms with Gasteiger partial charge in [0.05, 0.1) is 13.4 Å². The average molecular weight is 213 g/mol. The van der Waals surface area contributed by atoms with Crippen LogP contribution in [0.15, 0.2) is 30.1 Å².